The van der Waals surface area contributed by atoms with Gasteiger partial charge < -0.3 is 15.2 Å². The Hall–Kier alpha value is -2.96. The molecule has 1 amide bonds. The third-order valence-corrected chi connectivity index (χ3v) is 4.33. The van der Waals surface area contributed by atoms with Gasteiger partial charge in [0.2, 0.25) is 5.88 Å². The molecule has 26 heavy (non-hydrogen) atoms. The molecule has 1 aliphatic rings. The highest BCUT2D eigenvalue weighted by molar-refractivity contribution is 5.96. The van der Waals surface area contributed by atoms with Gasteiger partial charge in [0.25, 0.3) is 5.91 Å². The van der Waals surface area contributed by atoms with E-state index in [9.17, 15) is 9.59 Å². The average molecular weight is 355 g/mol. The molecule has 1 saturated carbocycles. The number of hydrogen-bond acceptors (Lipinski definition) is 5. The molecule has 2 aromatic heterocycles. The van der Waals surface area contributed by atoms with Crippen molar-refractivity contribution in [3.8, 4) is 5.88 Å². The summed E-state index contributed by atoms with van der Waals surface area (Å²) in [6.07, 6.45) is 8.92. The molecule has 0 aromatic carbocycles. The summed E-state index contributed by atoms with van der Waals surface area (Å²) in [5.74, 6) is -0.958. The van der Waals surface area contributed by atoms with Gasteiger partial charge in [-0.15, -0.1) is 0 Å². The van der Waals surface area contributed by atoms with Crippen molar-refractivity contribution in [2.45, 2.75) is 44.8 Å². The van der Waals surface area contributed by atoms with Crippen LogP contribution in [-0.4, -0.2) is 33.1 Å². The zero-order chi connectivity index (χ0) is 18.4. The Morgan fingerprint density at radius 1 is 1.12 bits per heavy atom. The van der Waals surface area contributed by atoms with Crippen LogP contribution in [0.3, 0.4) is 0 Å². The standard InChI is InChI=1S/C19H21N3O4/c23-18(14-7-9-20-16(11-14)19(24)25)22-12-13-6-8-21-17(10-13)26-15-4-2-1-3-5-15/h6-11,15H,1-5,12H2,(H,22,23)(H,24,25). The van der Waals surface area contributed by atoms with E-state index in [1.807, 2.05) is 12.1 Å². The molecule has 1 fully saturated rings. The Bertz CT molecular complexity index is 788. The van der Waals surface area contributed by atoms with Crippen molar-refractivity contribution in [1.82, 2.24) is 15.3 Å². The molecular weight excluding hydrogens is 334 g/mol. The molecule has 2 heterocycles. The van der Waals surface area contributed by atoms with Crippen molar-refractivity contribution in [2.24, 2.45) is 0 Å². The van der Waals surface area contributed by atoms with Gasteiger partial charge in [0.15, 0.2) is 0 Å². The molecular formula is C19H21N3O4. The van der Waals surface area contributed by atoms with Gasteiger partial charge in [-0.1, -0.05) is 6.42 Å². The number of pyridine rings is 2. The van der Waals surface area contributed by atoms with Crippen LogP contribution in [0.4, 0.5) is 0 Å². The maximum absolute atomic E-state index is 12.2. The zero-order valence-corrected chi connectivity index (χ0v) is 14.4. The summed E-state index contributed by atoms with van der Waals surface area (Å²) in [5, 5.41) is 11.7. The lowest BCUT2D eigenvalue weighted by molar-refractivity contribution is 0.0690. The number of nitrogens with one attached hydrogen (secondary N) is 1. The number of carboxylic acids is 1. The van der Waals surface area contributed by atoms with Crippen molar-refractivity contribution in [3.63, 3.8) is 0 Å². The predicted octanol–water partition coefficient (Wildman–Crippen LogP) is 2.82. The zero-order valence-electron chi connectivity index (χ0n) is 14.4. The van der Waals surface area contributed by atoms with E-state index in [4.69, 9.17) is 9.84 Å². The number of hydrogen-bond donors (Lipinski definition) is 2. The Balaban J connectivity index is 1.58. The van der Waals surface area contributed by atoms with Crippen LogP contribution in [0, 0.1) is 0 Å². The second-order valence-corrected chi connectivity index (χ2v) is 6.30. The number of carbonyl (C=O) groups excluding carboxylic acids is 1. The van der Waals surface area contributed by atoms with Gasteiger partial charge in [0.05, 0.1) is 0 Å². The number of carbonyl (C=O) groups is 2. The lowest BCUT2D eigenvalue weighted by atomic mass is 9.98. The van der Waals surface area contributed by atoms with Crippen LogP contribution in [0.15, 0.2) is 36.7 Å². The number of nitrogens with zero attached hydrogens (tertiary/aromatic N) is 2. The first-order valence-electron chi connectivity index (χ1n) is 8.71. The maximum Gasteiger partial charge on any atom is 0.354 e. The molecule has 2 N–H and O–H groups in total. The molecule has 7 nitrogen and oxygen atoms in total. The van der Waals surface area contributed by atoms with Gasteiger partial charge in [0.1, 0.15) is 11.8 Å². The minimum Gasteiger partial charge on any atom is -0.477 e. The van der Waals surface area contributed by atoms with E-state index in [0.29, 0.717) is 12.4 Å². The van der Waals surface area contributed by atoms with E-state index in [0.717, 1.165) is 18.4 Å². The predicted molar refractivity (Wildman–Crippen MR) is 94.1 cm³/mol. The second kappa shape index (κ2) is 8.42. The van der Waals surface area contributed by atoms with Gasteiger partial charge in [-0.3, -0.25) is 4.79 Å². The molecule has 0 spiro atoms. The molecule has 0 unspecified atom stereocenters. The quantitative estimate of drug-likeness (QED) is 0.826. The summed E-state index contributed by atoms with van der Waals surface area (Å²) in [7, 11) is 0. The normalized spacial score (nSPS) is 14.6. The topological polar surface area (TPSA) is 101 Å². The molecule has 0 atom stereocenters. The molecule has 0 radical (unpaired) electrons. The van der Waals surface area contributed by atoms with Gasteiger partial charge in [-0.2, -0.15) is 0 Å². The average Bonchev–Trinajstić information content (AvgIpc) is 2.67. The van der Waals surface area contributed by atoms with Crippen LogP contribution >= 0.6 is 0 Å². The van der Waals surface area contributed by atoms with Gasteiger partial charge in [-0.05, 0) is 49.4 Å². The fourth-order valence-corrected chi connectivity index (χ4v) is 2.95. The number of carboxylic acid groups (broad SMARTS) is 1. The summed E-state index contributed by atoms with van der Waals surface area (Å²) in [6.45, 7) is 0.299. The van der Waals surface area contributed by atoms with Crippen LogP contribution in [0.2, 0.25) is 0 Å². The van der Waals surface area contributed by atoms with Gasteiger partial charge >= 0.3 is 5.97 Å². The molecule has 136 valence electrons. The molecule has 3 rings (SSSR count). The molecule has 2 aromatic rings. The first kappa shape index (κ1) is 17.8. The Morgan fingerprint density at radius 2 is 1.88 bits per heavy atom. The minimum absolute atomic E-state index is 0.162. The van der Waals surface area contributed by atoms with E-state index in [-0.39, 0.29) is 23.3 Å². The molecule has 0 saturated heterocycles. The van der Waals surface area contributed by atoms with Crippen molar-refractivity contribution in [3.05, 3.63) is 53.5 Å². The first-order valence-corrected chi connectivity index (χ1v) is 8.71. The summed E-state index contributed by atoms with van der Waals surface area (Å²) in [4.78, 5) is 31.1. The van der Waals surface area contributed by atoms with Crippen LogP contribution in [0.1, 0.15) is 58.5 Å². The van der Waals surface area contributed by atoms with E-state index >= 15 is 0 Å². The monoisotopic (exact) mass is 355 g/mol. The number of ether oxygens (including phenoxy) is 1. The number of rotatable bonds is 6. The molecule has 7 heteroatoms. The largest absolute Gasteiger partial charge is 0.477 e. The third-order valence-electron chi connectivity index (χ3n) is 4.33. The highest BCUT2D eigenvalue weighted by atomic mass is 16.5. The molecule has 0 aliphatic heterocycles. The Morgan fingerprint density at radius 3 is 2.65 bits per heavy atom. The van der Waals surface area contributed by atoms with Crippen molar-refractivity contribution >= 4 is 11.9 Å². The fourth-order valence-electron chi connectivity index (χ4n) is 2.95. The Labute approximate surface area is 151 Å². The molecule has 1 aliphatic carbocycles. The summed E-state index contributed by atoms with van der Waals surface area (Å²) >= 11 is 0. The maximum atomic E-state index is 12.2. The SMILES string of the molecule is O=C(NCc1ccnc(OC2CCCCC2)c1)c1ccnc(C(=O)O)c1. The van der Waals surface area contributed by atoms with Crippen LogP contribution in [-0.2, 0) is 6.54 Å². The van der Waals surface area contributed by atoms with E-state index in [1.54, 1.807) is 6.20 Å². The van der Waals surface area contributed by atoms with Crippen LogP contribution in [0.25, 0.3) is 0 Å². The smallest absolute Gasteiger partial charge is 0.354 e. The van der Waals surface area contributed by atoms with Gasteiger partial charge in [-0.25, -0.2) is 14.8 Å². The second-order valence-electron chi connectivity index (χ2n) is 6.30. The fraction of sp³-hybridized carbons (Fsp3) is 0.368. The van der Waals surface area contributed by atoms with E-state index in [1.165, 1.54) is 37.6 Å². The van der Waals surface area contributed by atoms with Gasteiger partial charge in [0, 0.05) is 30.6 Å². The molecule has 0 bridgehead atoms. The summed E-state index contributed by atoms with van der Waals surface area (Å²) < 4.78 is 5.93. The van der Waals surface area contributed by atoms with Crippen LogP contribution in [0.5, 0.6) is 5.88 Å². The minimum atomic E-state index is -1.17. The lowest BCUT2D eigenvalue weighted by Gasteiger charge is -2.22. The number of amides is 1. The summed E-state index contributed by atoms with van der Waals surface area (Å²) in [5.41, 5.74) is 0.960. The third kappa shape index (κ3) is 4.78. The summed E-state index contributed by atoms with van der Waals surface area (Å²) in [6, 6.07) is 6.36. The highest BCUT2D eigenvalue weighted by Gasteiger charge is 2.15. The number of aromatic carboxylic acids is 1. The highest BCUT2D eigenvalue weighted by Crippen LogP contribution is 2.22. The van der Waals surface area contributed by atoms with E-state index in [2.05, 4.69) is 15.3 Å². The van der Waals surface area contributed by atoms with Crippen molar-refractivity contribution in [2.75, 3.05) is 0 Å². The Kier molecular flexibility index (Phi) is 5.78. The lowest BCUT2D eigenvalue weighted by Crippen LogP contribution is -2.23. The van der Waals surface area contributed by atoms with E-state index < -0.39 is 5.97 Å². The van der Waals surface area contributed by atoms with Crippen molar-refractivity contribution in [1.29, 1.82) is 0 Å². The number of aromatic nitrogens is 2. The van der Waals surface area contributed by atoms with Crippen LogP contribution < -0.4 is 10.1 Å². The first-order chi connectivity index (χ1) is 12.6. The van der Waals surface area contributed by atoms with Crippen molar-refractivity contribution < 1.29 is 19.4 Å².